The molecule has 1 aliphatic carbocycles. The number of carbonyl (C=O) groups excluding carboxylic acids is 1. The van der Waals surface area contributed by atoms with Crippen LogP contribution in [0, 0.1) is 5.92 Å². The number of Topliss-reactive ketones (excluding diaryl/α,β-unsaturated/α-hetero) is 1. The second-order valence-corrected chi connectivity index (χ2v) is 4.04. The maximum atomic E-state index is 11.2. The van der Waals surface area contributed by atoms with Gasteiger partial charge in [0.2, 0.25) is 0 Å². The third kappa shape index (κ3) is 1.60. The lowest BCUT2D eigenvalue weighted by atomic mass is 10.0. The van der Waals surface area contributed by atoms with Crippen LogP contribution in [-0.2, 0) is 4.79 Å². The molecule has 0 N–H and O–H groups in total. The van der Waals surface area contributed by atoms with Gasteiger partial charge in [0.25, 0.3) is 0 Å². The van der Waals surface area contributed by atoms with Crippen molar-refractivity contribution in [3.63, 3.8) is 0 Å². The molecule has 1 fully saturated rings. The highest BCUT2D eigenvalue weighted by molar-refractivity contribution is 9.10. The topological polar surface area (TPSA) is 17.1 Å². The van der Waals surface area contributed by atoms with Gasteiger partial charge in [0, 0.05) is 5.92 Å². The van der Waals surface area contributed by atoms with Gasteiger partial charge in [0.1, 0.15) is 5.78 Å². The van der Waals surface area contributed by atoms with Crippen LogP contribution in [0.2, 0.25) is 0 Å². The summed E-state index contributed by atoms with van der Waals surface area (Å²) in [4.78, 5) is 11.4. The quantitative estimate of drug-likeness (QED) is 0.633. The first-order valence-electron chi connectivity index (χ1n) is 3.93. The molecule has 2 atom stereocenters. The molecule has 1 rings (SSSR count). The van der Waals surface area contributed by atoms with E-state index in [2.05, 4.69) is 22.9 Å². The van der Waals surface area contributed by atoms with E-state index in [4.69, 9.17) is 0 Å². The number of rotatable bonds is 2. The van der Waals surface area contributed by atoms with Gasteiger partial charge in [-0.2, -0.15) is 0 Å². The summed E-state index contributed by atoms with van der Waals surface area (Å²) in [6.07, 6.45) is 4.36. The Morgan fingerprint density at radius 2 is 2.30 bits per heavy atom. The van der Waals surface area contributed by atoms with Gasteiger partial charge in [-0.1, -0.05) is 29.3 Å². The molecule has 0 aliphatic heterocycles. The van der Waals surface area contributed by atoms with Crippen LogP contribution in [0.1, 0.15) is 32.6 Å². The third-order valence-corrected chi connectivity index (χ3v) is 3.03. The van der Waals surface area contributed by atoms with E-state index in [1.54, 1.807) is 0 Å². The molecule has 1 nitrogen and oxygen atoms in total. The van der Waals surface area contributed by atoms with Gasteiger partial charge in [-0.05, 0) is 19.3 Å². The van der Waals surface area contributed by atoms with Crippen molar-refractivity contribution in [2.75, 3.05) is 0 Å². The Labute approximate surface area is 70.3 Å². The van der Waals surface area contributed by atoms with Gasteiger partial charge in [0.05, 0.1) is 4.83 Å². The van der Waals surface area contributed by atoms with Crippen molar-refractivity contribution < 1.29 is 4.79 Å². The van der Waals surface area contributed by atoms with E-state index >= 15 is 0 Å². The van der Waals surface area contributed by atoms with Gasteiger partial charge < -0.3 is 0 Å². The molecule has 0 aromatic carbocycles. The third-order valence-electron chi connectivity index (χ3n) is 2.12. The summed E-state index contributed by atoms with van der Waals surface area (Å²) in [5, 5.41) is 0. The average Bonchev–Trinajstić information content (AvgIpc) is 2.20. The predicted molar refractivity (Wildman–Crippen MR) is 45.4 cm³/mol. The summed E-state index contributed by atoms with van der Waals surface area (Å²) >= 11 is 3.36. The highest BCUT2D eigenvalue weighted by Gasteiger charge is 2.30. The van der Waals surface area contributed by atoms with Crippen molar-refractivity contribution in [1.82, 2.24) is 0 Å². The Morgan fingerprint density at radius 1 is 1.60 bits per heavy atom. The maximum absolute atomic E-state index is 11.2. The van der Waals surface area contributed by atoms with Gasteiger partial charge in [-0.3, -0.25) is 4.79 Å². The number of halogens is 1. The van der Waals surface area contributed by atoms with Crippen molar-refractivity contribution in [3.8, 4) is 0 Å². The molecule has 0 bridgehead atoms. The van der Waals surface area contributed by atoms with Gasteiger partial charge >= 0.3 is 0 Å². The molecule has 0 amide bonds. The van der Waals surface area contributed by atoms with E-state index in [0.717, 1.165) is 25.7 Å². The Morgan fingerprint density at radius 3 is 2.70 bits per heavy atom. The SMILES string of the molecule is CCCC1CCC(Br)C1=O. The van der Waals surface area contributed by atoms with Crippen LogP contribution in [0.25, 0.3) is 0 Å². The van der Waals surface area contributed by atoms with Crippen LogP contribution in [0.15, 0.2) is 0 Å². The fraction of sp³-hybridized carbons (Fsp3) is 0.875. The molecular formula is C8H13BrO. The zero-order chi connectivity index (χ0) is 7.56. The Balaban J connectivity index is 2.41. The van der Waals surface area contributed by atoms with E-state index in [1.165, 1.54) is 0 Å². The molecule has 0 aromatic heterocycles. The van der Waals surface area contributed by atoms with Crippen LogP contribution in [0.5, 0.6) is 0 Å². The standard InChI is InChI=1S/C8H13BrO/c1-2-3-6-4-5-7(9)8(6)10/h6-7H,2-5H2,1H3. The lowest BCUT2D eigenvalue weighted by Crippen LogP contribution is -2.12. The molecule has 0 aromatic rings. The zero-order valence-corrected chi connectivity index (χ0v) is 7.86. The van der Waals surface area contributed by atoms with E-state index < -0.39 is 0 Å². The Kier molecular flexibility index (Phi) is 2.90. The summed E-state index contributed by atoms with van der Waals surface area (Å²) in [5.74, 6) is 0.802. The van der Waals surface area contributed by atoms with Gasteiger partial charge in [0.15, 0.2) is 0 Å². The van der Waals surface area contributed by atoms with Crippen molar-refractivity contribution in [2.24, 2.45) is 5.92 Å². The number of ketones is 1. The largest absolute Gasteiger partial charge is 0.298 e. The molecule has 10 heavy (non-hydrogen) atoms. The Bertz CT molecular complexity index is 131. The number of alkyl halides is 1. The average molecular weight is 205 g/mol. The Hall–Kier alpha value is 0.150. The second kappa shape index (κ2) is 3.51. The predicted octanol–water partition coefficient (Wildman–Crippen LogP) is 2.53. The summed E-state index contributed by atoms with van der Waals surface area (Å²) in [6, 6.07) is 0. The monoisotopic (exact) mass is 204 g/mol. The summed E-state index contributed by atoms with van der Waals surface area (Å²) < 4.78 is 0. The summed E-state index contributed by atoms with van der Waals surface area (Å²) in [7, 11) is 0. The van der Waals surface area contributed by atoms with E-state index in [0.29, 0.717) is 11.7 Å². The van der Waals surface area contributed by atoms with Crippen molar-refractivity contribution in [2.45, 2.75) is 37.4 Å². The maximum Gasteiger partial charge on any atom is 0.149 e. The van der Waals surface area contributed by atoms with E-state index in [9.17, 15) is 4.79 Å². The number of hydrogen-bond donors (Lipinski definition) is 0. The van der Waals surface area contributed by atoms with Crippen LogP contribution >= 0.6 is 15.9 Å². The molecule has 0 spiro atoms. The molecule has 0 heterocycles. The summed E-state index contributed by atoms with van der Waals surface area (Å²) in [6.45, 7) is 2.13. The first kappa shape index (κ1) is 8.25. The molecule has 1 saturated carbocycles. The van der Waals surface area contributed by atoms with Crippen LogP contribution in [-0.4, -0.2) is 10.6 Å². The van der Waals surface area contributed by atoms with Crippen LogP contribution in [0.4, 0.5) is 0 Å². The van der Waals surface area contributed by atoms with Gasteiger partial charge in [-0.25, -0.2) is 0 Å². The van der Waals surface area contributed by atoms with Crippen molar-refractivity contribution >= 4 is 21.7 Å². The van der Waals surface area contributed by atoms with Crippen LogP contribution in [0.3, 0.4) is 0 Å². The smallest absolute Gasteiger partial charge is 0.149 e. The fourth-order valence-electron chi connectivity index (χ4n) is 1.52. The van der Waals surface area contributed by atoms with Crippen LogP contribution < -0.4 is 0 Å². The first-order chi connectivity index (χ1) is 4.75. The highest BCUT2D eigenvalue weighted by Crippen LogP contribution is 2.29. The lowest BCUT2D eigenvalue weighted by molar-refractivity contribution is -0.120. The van der Waals surface area contributed by atoms with E-state index in [-0.39, 0.29) is 4.83 Å². The van der Waals surface area contributed by atoms with Crippen molar-refractivity contribution in [3.05, 3.63) is 0 Å². The normalized spacial score (nSPS) is 33.2. The highest BCUT2D eigenvalue weighted by atomic mass is 79.9. The number of hydrogen-bond acceptors (Lipinski definition) is 1. The molecule has 2 unspecified atom stereocenters. The van der Waals surface area contributed by atoms with Gasteiger partial charge in [-0.15, -0.1) is 0 Å². The molecule has 58 valence electrons. The minimum atomic E-state index is 0.170. The summed E-state index contributed by atoms with van der Waals surface area (Å²) in [5.41, 5.74) is 0. The zero-order valence-electron chi connectivity index (χ0n) is 6.27. The molecule has 0 saturated heterocycles. The molecule has 0 radical (unpaired) electrons. The molecule has 1 aliphatic rings. The minimum Gasteiger partial charge on any atom is -0.298 e. The van der Waals surface area contributed by atoms with Crippen molar-refractivity contribution in [1.29, 1.82) is 0 Å². The fourth-order valence-corrected chi connectivity index (χ4v) is 2.16. The van der Waals surface area contributed by atoms with E-state index in [1.807, 2.05) is 0 Å². The second-order valence-electron chi connectivity index (χ2n) is 2.93. The minimum absolute atomic E-state index is 0.170. The number of carbonyl (C=O) groups is 1. The first-order valence-corrected chi connectivity index (χ1v) is 4.85. The molecular weight excluding hydrogens is 192 g/mol. The lowest BCUT2D eigenvalue weighted by Gasteiger charge is -2.03. The molecule has 2 heteroatoms.